The molecule has 4 nitrogen and oxygen atoms in total. The van der Waals surface area contributed by atoms with E-state index in [0.717, 1.165) is 25.2 Å². The normalized spacial score (nSPS) is 12.6. The van der Waals surface area contributed by atoms with Crippen LogP contribution in [0.1, 0.15) is 48.7 Å². The minimum Gasteiger partial charge on any atom is -0.305 e. The van der Waals surface area contributed by atoms with E-state index in [2.05, 4.69) is 61.5 Å². The van der Waals surface area contributed by atoms with Crippen LogP contribution in [0.25, 0.3) is 0 Å². The minimum absolute atomic E-state index is 0.154. The fourth-order valence-electron chi connectivity index (χ4n) is 2.42. The fourth-order valence-corrected chi connectivity index (χ4v) is 2.42. The molecule has 0 saturated heterocycles. The van der Waals surface area contributed by atoms with Crippen molar-refractivity contribution in [3.63, 3.8) is 0 Å². The van der Waals surface area contributed by atoms with Gasteiger partial charge in [0.15, 0.2) is 0 Å². The Morgan fingerprint density at radius 2 is 2.00 bits per heavy atom. The Hall–Kier alpha value is -1.68. The van der Waals surface area contributed by atoms with E-state index in [1.807, 2.05) is 10.9 Å². The van der Waals surface area contributed by atoms with Crippen LogP contribution in [-0.2, 0) is 6.54 Å². The number of aromatic nitrogens is 3. The van der Waals surface area contributed by atoms with E-state index in [1.54, 1.807) is 0 Å². The molecule has 0 bridgehead atoms. The molecule has 1 N–H and O–H groups in total. The zero-order chi connectivity index (χ0) is 14.5. The highest BCUT2D eigenvalue weighted by molar-refractivity contribution is 5.35. The second kappa shape index (κ2) is 6.66. The van der Waals surface area contributed by atoms with Gasteiger partial charge in [0, 0.05) is 6.54 Å². The minimum atomic E-state index is 0.154. The number of rotatable bonds is 6. The van der Waals surface area contributed by atoms with Crippen molar-refractivity contribution >= 4 is 0 Å². The maximum Gasteiger partial charge on any atom is 0.0801 e. The summed E-state index contributed by atoms with van der Waals surface area (Å²) >= 11 is 0. The third kappa shape index (κ3) is 3.07. The summed E-state index contributed by atoms with van der Waals surface area (Å²) in [4.78, 5) is 0. The first-order valence-corrected chi connectivity index (χ1v) is 7.36. The molecule has 108 valence electrons. The van der Waals surface area contributed by atoms with E-state index in [-0.39, 0.29) is 6.04 Å². The smallest absolute Gasteiger partial charge is 0.0801 e. The summed E-state index contributed by atoms with van der Waals surface area (Å²) in [6.07, 6.45) is 2.93. The van der Waals surface area contributed by atoms with Gasteiger partial charge in [-0.25, -0.2) is 4.68 Å². The molecule has 1 aromatic carbocycles. The first-order valence-electron chi connectivity index (χ1n) is 7.36. The Morgan fingerprint density at radius 1 is 1.20 bits per heavy atom. The summed E-state index contributed by atoms with van der Waals surface area (Å²) in [6.45, 7) is 10.4. The van der Waals surface area contributed by atoms with E-state index in [4.69, 9.17) is 0 Å². The van der Waals surface area contributed by atoms with Crippen LogP contribution in [0.3, 0.4) is 0 Å². The van der Waals surface area contributed by atoms with Gasteiger partial charge in [-0.1, -0.05) is 37.3 Å². The number of hydrogen-bond acceptors (Lipinski definition) is 3. The molecule has 2 rings (SSSR count). The zero-order valence-electron chi connectivity index (χ0n) is 12.8. The van der Waals surface area contributed by atoms with Crippen LogP contribution in [0, 0.1) is 13.8 Å². The molecule has 0 saturated carbocycles. The van der Waals surface area contributed by atoms with Gasteiger partial charge >= 0.3 is 0 Å². The topological polar surface area (TPSA) is 42.7 Å². The van der Waals surface area contributed by atoms with E-state index in [9.17, 15) is 0 Å². The molecular weight excluding hydrogens is 248 g/mol. The van der Waals surface area contributed by atoms with Crippen molar-refractivity contribution in [2.45, 2.75) is 46.7 Å². The van der Waals surface area contributed by atoms with Crippen molar-refractivity contribution in [1.29, 1.82) is 0 Å². The van der Waals surface area contributed by atoms with Gasteiger partial charge in [0.05, 0.1) is 17.9 Å². The van der Waals surface area contributed by atoms with Crippen molar-refractivity contribution in [3.05, 3.63) is 46.8 Å². The molecule has 2 aromatic rings. The van der Waals surface area contributed by atoms with Crippen LogP contribution in [-0.4, -0.2) is 21.5 Å². The van der Waals surface area contributed by atoms with Crippen LogP contribution in [0.4, 0.5) is 0 Å². The fraction of sp³-hybridized carbons (Fsp3) is 0.500. The van der Waals surface area contributed by atoms with E-state index in [0.29, 0.717) is 0 Å². The van der Waals surface area contributed by atoms with E-state index < -0.39 is 0 Å². The summed E-state index contributed by atoms with van der Waals surface area (Å²) < 4.78 is 2.00. The lowest BCUT2D eigenvalue weighted by Crippen LogP contribution is -2.25. The van der Waals surface area contributed by atoms with Gasteiger partial charge in [0.1, 0.15) is 0 Å². The predicted molar refractivity (Wildman–Crippen MR) is 81.7 cm³/mol. The molecule has 1 heterocycles. The standard InChI is InChI=1S/C16H24N4/c1-5-9-20-15(11-18-19-20)16(17-6-2)14-8-7-12(3)13(4)10-14/h7-8,10-11,16-17H,5-6,9H2,1-4H3. The van der Waals surface area contributed by atoms with Crippen LogP contribution in [0.15, 0.2) is 24.4 Å². The van der Waals surface area contributed by atoms with Gasteiger partial charge in [0.2, 0.25) is 0 Å². The highest BCUT2D eigenvalue weighted by Crippen LogP contribution is 2.23. The Morgan fingerprint density at radius 3 is 2.65 bits per heavy atom. The average molecular weight is 272 g/mol. The van der Waals surface area contributed by atoms with Crippen molar-refractivity contribution in [2.24, 2.45) is 0 Å². The molecule has 1 unspecified atom stereocenters. The van der Waals surface area contributed by atoms with Gasteiger partial charge in [-0.3, -0.25) is 0 Å². The molecule has 0 aliphatic heterocycles. The maximum atomic E-state index is 4.20. The first kappa shape index (κ1) is 14.7. The number of nitrogens with zero attached hydrogens (tertiary/aromatic N) is 3. The molecule has 0 radical (unpaired) electrons. The Kier molecular flexibility index (Phi) is 4.90. The van der Waals surface area contributed by atoms with Gasteiger partial charge in [-0.2, -0.15) is 0 Å². The van der Waals surface area contributed by atoms with Crippen molar-refractivity contribution in [2.75, 3.05) is 6.54 Å². The molecule has 1 atom stereocenters. The lowest BCUT2D eigenvalue weighted by Gasteiger charge is -2.20. The second-order valence-corrected chi connectivity index (χ2v) is 5.22. The number of hydrogen-bond donors (Lipinski definition) is 1. The molecule has 4 heteroatoms. The third-order valence-electron chi connectivity index (χ3n) is 3.65. The molecule has 20 heavy (non-hydrogen) atoms. The van der Waals surface area contributed by atoms with Crippen LogP contribution < -0.4 is 5.32 Å². The zero-order valence-corrected chi connectivity index (χ0v) is 12.8. The van der Waals surface area contributed by atoms with Crippen molar-refractivity contribution in [1.82, 2.24) is 20.3 Å². The quantitative estimate of drug-likeness (QED) is 0.879. The molecule has 0 fully saturated rings. The highest BCUT2D eigenvalue weighted by Gasteiger charge is 2.18. The third-order valence-corrected chi connectivity index (χ3v) is 3.65. The highest BCUT2D eigenvalue weighted by atomic mass is 15.4. The first-order chi connectivity index (χ1) is 9.67. The van der Waals surface area contributed by atoms with Crippen LogP contribution in [0.2, 0.25) is 0 Å². The average Bonchev–Trinajstić information content (AvgIpc) is 2.88. The summed E-state index contributed by atoms with van der Waals surface area (Å²) in [7, 11) is 0. The van der Waals surface area contributed by atoms with Crippen LogP contribution in [0.5, 0.6) is 0 Å². The van der Waals surface area contributed by atoms with E-state index >= 15 is 0 Å². The second-order valence-electron chi connectivity index (χ2n) is 5.22. The lowest BCUT2D eigenvalue weighted by atomic mass is 9.99. The molecule has 1 aromatic heterocycles. The Labute approximate surface area is 121 Å². The SMILES string of the molecule is CCCn1nncc1C(NCC)c1ccc(C)c(C)c1. The number of nitrogens with one attached hydrogen (secondary N) is 1. The van der Waals surface area contributed by atoms with Crippen molar-refractivity contribution in [3.8, 4) is 0 Å². The Balaban J connectivity index is 2.39. The molecule has 0 aliphatic carbocycles. The summed E-state index contributed by atoms with van der Waals surface area (Å²) in [5, 5.41) is 11.8. The molecular formula is C16H24N4. The summed E-state index contributed by atoms with van der Waals surface area (Å²) in [5.41, 5.74) is 5.05. The lowest BCUT2D eigenvalue weighted by molar-refractivity contribution is 0.511. The Bertz CT molecular complexity index is 559. The largest absolute Gasteiger partial charge is 0.305 e. The van der Waals surface area contributed by atoms with Crippen LogP contribution >= 0.6 is 0 Å². The monoisotopic (exact) mass is 272 g/mol. The predicted octanol–water partition coefficient (Wildman–Crippen LogP) is 3.00. The summed E-state index contributed by atoms with van der Waals surface area (Å²) in [5.74, 6) is 0. The maximum absolute atomic E-state index is 4.20. The molecule has 0 spiro atoms. The van der Waals surface area contributed by atoms with E-state index in [1.165, 1.54) is 16.7 Å². The van der Waals surface area contributed by atoms with Gasteiger partial charge < -0.3 is 5.32 Å². The van der Waals surface area contributed by atoms with Gasteiger partial charge in [-0.15, -0.1) is 5.10 Å². The number of benzene rings is 1. The van der Waals surface area contributed by atoms with Crippen molar-refractivity contribution < 1.29 is 0 Å². The van der Waals surface area contributed by atoms with Gasteiger partial charge in [0.25, 0.3) is 0 Å². The summed E-state index contributed by atoms with van der Waals surface area (Å²) in [6, 6.07) is 6.79. The molecule has 0 aliphatic rings. The number of aryl methyl sites for hydroxylation is 3. The molecule has 0 amide bonds. The van der Waals surface area contributed by atoms with Gasteiger partial charge in [-0.05, 0) is 43.5 Å².